The lowest BCUT2D eigenvalue weighted by molar-refractivity contribution is -0.137. The lowest BCUT2D eigenvalue weighted by Gasteiger charge is -2.32. The van der Waals surface area contributed by atoms with Gasteiger partial charge in [-0.1, -0.05) is 29.8 Å². The molecule has 1 aromatic heterocycles. The number of amides is 2. The molecular weight excluding hydrogens is 519 g/mol. The van der Waals surface area contributed by atoms with Crippen LogP contribution in [0.15, 0.2) is 42.5 Å². The third-order valence-corrected chi connectivity index (χ3v) is 8.12. The van der Waals surface area contributed by atoms with E-state index in [1.807, 2.05) is 31.2 Å². The van der Waals surface area contributed by atoms with Crippen molar-refractivity contribution in [3.63, 3.8) is 0 Å². The lowest BCUT2D eigenvalue weighted by Crippen LogP contribution is -2.43. The Balaban J connectivity index is 1.25. The normalized spacial score (nSPS) is 22.1. The fraction of sp³-hybridized carbons (Fsp3) is 0.444. The molecule has 1 saturated carbocycles. The third kappa shape index (κ3) is 4.28. The van der Waals surface area contributed by atoms with E-state index >= 15 is 0 Å². The van der Waals surface area contributed by atoms with Gasteiger partial charge in [0.15, 0.2) is 5.82 Å². The van der Waals surface area contributed by atoms with Crippen LogP contribution in [0.25, 0.3) is 0 Å². The average molecular weight is 546 g/mol. The number of ether oxygens (including phenoxy) is 1. The van der Waals surface area contributed by atoms with Gasteiger partial charge in [0.1, 0.15) is 11.6 Å². The highest BCUT2D eigenvalue weighted by atomic mass is 35.5. The molecule has 0 radical (unpaired) electrons. The zero-order chi connectivity index (χ0) is 26.7. The first-order chi connectivity index (χ1) is 18.2. The minimum atomic E-state index is -4.46. The molecule has 3 heterocycles. The van der Waals surface area contributed by atoms with Crippen molar-refractivity contribution < 1.29 is 22.7 Å². The number of halogens is 4. The van der Waals surface area contributed by atoms with E-state index < -0.39 is 17.8 Å². The summed E-state index contributed by atoms with van der Waals surface area (Å²) < 4.78 is 47.2. The van der Waals surface area contributed by atoms with Gasteiger partial charge < -0.3 is 19.5 Å². The number of carbonyl (C=O) groups is 1. The fourth-order valence-corrected chi connectivity index (χ4v) is 6.00. The molecule has 38 heavy (non-hydrogen) atoms. The van der Waals surface area contributed by atoms with E-state index in [1.54, 1.807) is 4.90 Å². The number of aryl methyl sites for hydroxylation is 1. The molecule has 2 fully saturated rings. The molecule has 0 bridgehead atoms. The van der Waals surface area contributed by atoms with E-state index in [1.165, 1.54) is 6.07 Å². The van der Waals surface area contributed by atoms with Gasteiger partial charge in [0.25, 0.3) is 0 Å². The molecule has 0 spiro atoms. The minimum absolute atomic E-state index is 0.156. The molecule has 3 aromatic rings. The first-order valence-electron chi connectivity index (χ1n) is 12.8. The standard InChI is InChI=1S/C27H27ClF3N5O2/c1-16-33-34-24(36(16)26(11-12-26)17-4-7-19(28)8-5-17)22-3-2-13-35(22)25(37)32-21-10-14-38-23-15-18(27(29,30)31)6-9-20(21)23/h4-9,15,21-22H,2-3,10-14H2,1H3,(H,32,37)/t21-,22+/m0/s1. The van der Waals surface area contributed by atoms with Crippen molar-refractivity contribution in [2.75, 3.05) is 13.2 Å². The van der Waals surface area contributed by atoms with Crippen LogP contribution in [0.5, 0.6) is 5.75 Å². The number of hydrogen-bond donors (Lipinski definition) is 1. The first-order valence-corrected chi connectivity index (χ1v) is 13.1. The van der Waals surface area contributed by atoms with Gasteiger partial charge in [-0.25, -0.2) is 4.79 Å². The quantitative estimate of drug-likeness (QED) is 0.426. The molecule has 0 unspecified atom stereocenters. The molecule has 3 aliphatic rings. The van der Waals surface area contributed by atoms with E-state index in [-0.39, 0.29) is 30.0 Å². The second-order valence-corrected chi connectivity index (χ2v) is 10.7. The molecule has 7 nitrogen and oxygen atoms in total. The van der Waals surface area contributed by atoms with Crippen LogP contribution in [-0.4, -0.2) is 38.8 Å². The van der Waals surface area contributed by atoms with Gasteiger partial charge >= 0.3 is 12.2 Å². The summed E-state index contributed by atoms with van der Waals surface area (Å²) >= 11 is 6.13. The van der Waals surface area contributed by atoms with Gasteiger partial charge in [0.05, 0.1) is 29.8 Å². The van der Waals surface area contributed by atoms with Crippen molar-refractivity contribution in [3.8, 4) is 5.75 Å². The number of alkyl halides is 3. The van der Waals surface area contributed by atoms with Crippen molar-refractivity contribution in [2.24, 2.45) is 0 Å². The number of hydrogen-bond acceptors (Lipinski definition) is 4. The SMILES string of the molecule is Cc1nnc([C@H]2CCCN2C(=O)N[C@H]2CCOc3cc(C(F)(F)F)ccc32)n1C1(c2ccc(Cl)cc2)CC1. The van der Waals surface area contributed by atoms with Crippen molar-refractivity contribution in [1.82, 2.24) is 25.0 Å². The molecule has 2 aliphatic heterocycles. The van der Waals surface area contributed by atoms with Gasteiger partial charge in [-0.3, -0.25) is 0 Å². The number of urea groups is 1. The van der Waals surface area contributed by atoms with E-state index in [0.29, 0.717) is 23.6 Å². The second kappa shape index (κ2) is 9.18. The molecule has 2 amide bonds. The number of carbonyl (C=O) groups excluding carboxylic acids is 1. The number of nitrogens with zero attached hydrogens (tertiary/aromatic N) is 4. The Bertz CT molecular complexity index is 1370. The molecule has 6 rings (SSSR count). The Morgan fingerprint density at radius 1 is 1.13 bits per heavy atom. The van der Waals surface area contributed by atoms with E-state index in [2.05, 4.69) is 20.1 Å². The maximum Gasteiger partial charge on any atom is 0.416 e. The summed E-state index contributed by atoms with van der Waals surface area (Å²) in [5.41, 5.74) is 0.657. The van der Waals surface area contributed by atoms with Crippen LogP contribution in [0, 0.1) is 6.92 Å². The first kappa shape index (κ1) is 25.0. The van der Waals surface area contributed by atoms with Crippen LogP contribution >= 0.6 is 11.6 Å². The highest BCUT2D eigenvalue weighted by Gasteiger charge is 2.50. The molecular formula is C27H27ClF3N5O2. The summed E-state index contributed by atoms with van der Waals surface area (Å²) in [5, 5.41) is 12.7. The van der Waals surface area contributed by atoms with E-state index in [9.17, 15) is 18.0 Å². The Labute approximate surface area is 222 Å². The summed E-state index contributed by atoms with van der Waals surface area (Å²) in [4.78, 5) is 15.3. The number of nitrogens with one attached hydrogen (secondary N) is 1. The Kier molecular flexibility index (Phi) is 6.05. The molecule has 2 atom stereocenters. The number of fused-ring (bicyclic) bond motifs is 1. The molecule has 1 N–H and O–H groups in total. The zero-order valence-corrected chi connectivity index (χ0v) is 21.5. The predicted octanol–water partition coefficient (Wildman–Crippen LogP) is 6.17. The Morgan fingerprint density at radius 3 is 2.61 bits per heavy atom. The molecule has 1 aliphatic carbocycles. The number of benzene rings is 2. The number of likely N-dealkylation sites (tertiary alicyclic amines) is 1. The monoisotopic (exact) mass is 545 g/mol. The van der Waals surface area contributed by atoms with Gasteiger partial charge in [-0.15, -0.1) is 10.2 Å². The number of rotatable bonds is 4. The van der Waals surface area contributed by atoms with Crippen molar-refractivity contribution in [2.45, 2.75) is 62.8 Å². The summed E-state index contributed by atoms with van der Waals surface area (Å²) in [7, 11) is 0. The largest absolute Gasteiger partial charge is 0.493 e. The molecule has 1 saturated heterocycles. The van der Waals surface area contributed by atoms with Crippen molar-refractivity contribution in [3.05, 3.63) is 75.8 Å². The van der Waals surface area contributed by atoms with Gasteiger partial charge in [-0.05, 0) is 62.4 Å². The highest BCUT2D eigenvalue weighted by Crippen LogP contribution is 2.52. The topological polar surface area (TPSA) is 72.3 Å². The van der Waals surface area contributed by atoms with Crippen LogP contribution in [0.4, 0.5) is 18.0 Å². The Morgan fingerprint density at radius 2 is 1.89 bits per heavy atom. The van der Waals surface area contributed by atoms with Crippen molar-refractivity contribution >= 4 is 17.6 Å². The predicted molar refractivity (Wildman–Crippen MR) is 134 cm³/mol. The van der Waals surface area contributed by atoms with E-state index in [4.69, 9.17) is 16.3 Å². The van der Waals surface area contributed by atoms with Crippen LogP contribution in [-0.2, 0) is 11.7 Å². The summed E-state index contributed by atoms with van der Waals surface area (Å²) in [6.07, 6.45) is -0.539. The van der Waals surface area contributed by atoms with Gasteiger partial charge in [0, 0.05) is 23.6 Å². The molecule has 200 valence electrons. The Hall–Kier alpha value is -3.27. The maximum atomic E-state index is 13.5. The lowest BCUT2D eigenvalue weighted by atomic mass is 9.98. The van der Waals surface area contributed by atoms with Crippen molar-refractivity contribution in [1.29, 1.82) is 0 Å². The van der Waals surface area contributed by atoms with Crippen LogP contribution < -0.4 is 10.1 Å². The zero-order valence-electron chi connectivity index (χ0n) is 20.8. The van der Waals surface area contributed by atoms with Gasteiger partial charge in [-0.2, -0.15) is 13.2 Å². The van der Waals surface area contributed by atoms with Crippen LogP contribution in [0.3, 0.4) is 0 Å². The highest BCUT2D eigenvalue weighted by molar-refractivity contribution is 6.30. The third-order valence-electron chi connectivity index (χ3n) is 7.87. The molecule has 11 heteroatoms. The van der Waals surface area contributed by atoms with E-state index in [0.717, 1.165) is 55.0 Å². The smallest absolute Gasteiger partial charge is 0.416 e. The summed E-state index contributed by atoms with van der Waals surface area (Å²) in [6.45, 7) is 2.71. The second-order valence-electron chi connectivity index (χ2n) is 10.2. The summed E-state index contributed by atoms with van der Waals surface area (Å²) in [6, 6.07) is 10.3. The summed E-state index contributed by atoms with van der Waals surface area (Å²) in [5.74, 6) is 1.70. The molecule has 2 aromatic carbocycles. The van der Waals surface area contributed by atoms with Gasteiger partial charge in [0.2, 0.25) is 0 Å². The maximum absolute atomic E-state index is 13.5. The fourth-order valence-electron chi connectivity index (χ4n) is 5.87. The average Bonchev–Trinajstić information content (AvgIpc) is 3.35. The van der Waals surface area contributed by atoms with Crippen LogP contribution in [0.2, 0.25) is 5.02 Å². The van der Waals surface area contributed by atoms with Crippen LogP contribution in [0.1, 0.15) is 72.5 Å². The number of aromatic nitrogens is 3. The minimum Gasteiger partial charge on any atom is -0.493 e.